The number of hydrogen-bond acceptors (Lipinski definition) is 9. The van der Waals surface area contributed by atoms with Gasteiger partial charge in [-0.25, -0.2) is 4.57 Å². The molecule has 0 spiro atoms. The summed E-state index contributed by atoms with van der Waals surface area (Å²) < 4.78 is 26.3. The van der Waals surface area contributed by atoms with Gasteiger partial charge in [0, 0.05) is 25.2 Å². The molecule has 1 saturated carbocycles. The maximum atomic E-state index is 12.5. The Hall–Kier alpha value is -1.62. The van der Waals surface area contributed by atoms with Crippen molar-refractivity contribution in [1.29, 1.82) is 0 Å². The van der Waals surface area contributed by atoms with Gasteiger partial charge in [-0.05, 0) is 37.5 Å². The summed E-state index contributed by atoms with van der Waals surface area (Å²) in [4.78, 5) is 55.4. The fourth-order valence-electron chi connectivity index (χ4n) is 6.40. The highest BCUT2D eigenvalue weighted by atomic mass is 31.2. The fourth-order valence-corrected chi connectivity index (χ4v) is 6.76. The van der Waals surface area contributed by atoms with Crippen LogP contribution in [0.25, 0.3) is 0 Å². The minimum Gasteiger partial charge on any atom is -0.462 e. The molecule has 292 valence electrons. The number of carbonyl (C=O) groups excluding carboxylic acids is 3. The molecule has 0 aliphatic heterocycles. The third-order valence-corrected chi connectivity index (χ3v) is 9.85. The number of hydrogen-bond donors (Lipinski definition) is 4. The average molecular weight is 733 g/mol. The molecule has 1 aliphatic rings. The lowest BCUT2D eigenvalue weighted by atomic mass is 9.88. The second-order valence-corrected chi connectivity index (χ2v) is 15.8. The van der Waals surface area contributed by atoms with Gasteiger partial charge in [0.1, 0.15) is 12.4 Å². The van der Waals surface area contributed by atoms with E-state index in [1.54, 1.807) is 12.2 Å². The molecule has 0 amide bonds. The topological polar surface area (TPSA) is 177 Å². The van der Waals surface area contributed by atoms with Crippen LogP contribution in [0.1, 0.15) is 162 Å². The maximum Gasteiger partial charge on any atom is 0.469 e. The lowest BCUT2D eigenvalue weighted by Gasteiger charge is -2.19. The number of ether oxygens (including phenoxy) is 2. The molecule has 1 aliphatic carbocycles. The van der Waals surface area contributed by atoms with E-state index in [4.69, 9.17) is 19.3 Å². The Kier molecular flexibility index (Phi) is 25.9. The molecule has 0 heterocycles. The summed E-state index contributed by atoms with van der Waals surface area (Å²) in [6.45, 7) is 5.65. The van der Waals surface area contributed by atoms with Crippen LogP contribution in [0, 0.1) is 17.8 Å². The molecule has 0 saturated heterocycles. The van der Waals surface area contributed by atoms with E-state index < -0.39 is 44.7 Å². The number of unbranched alkanes of at least 4 members (excludes halogenated alkanes) is 13. The number of aliphatic hydroxyl groups is 2. The van der Waals surface area contributed by atoms with E-state index >= 15 is 0 Å². The third kappa shape index (κ3) is 24.5. The van der Waals surface area contributed by atoms with Gasteiger partial charge in [0.05, 0.1) is 18.8 Å². The Labute approximate surface area is 301 Å². The monoisotopic (exact) mass is 732 g/mol. The zero-order valence-corrected chi connectivity index (χ0v) is 32.1. The van der Waals surface area contributed by atoms with Crippen LogP contribution in [-0.4, -0.2) is 69.2 Å². The summed E-state index contributed by atoms with van der Waals surface area (Å²) in [6.07, 6.45) is 20.0. The van der Waals surface area contributed by atoms with Gasteiger partial charge in [0.2, 0.25) is 0 Å². The highest BCUT2D eigenvalue weighted by molar-refractivity contribution is 7.46. The number of ketones is 1. The largest absolute Gasteiger partial charge is 0.469 e. The highest BCUT2D eigenvalue weighted by Gasteiger charge is 2.39. The lowest BCUT2D eigenvalue weighted by molar-refractivity contribution is -0.161. The van der Waals surface area contributed by atoms with Gasteiger partial charge in [-0.15, -0.1) is 0 Å². The molecule has 0 radical (unpaired) electrons. The molecule has 0 aromatic carbocycles. The Morgan fingerprint density at radius 1 is 0.820 bits per heavy atom. The maximum absolute atomic E-state index is 12.5. The van der Waals surface area contributed by atoms with E-state index in [2.05, 4.69) is 25.3 Å². The van der Waals surface area contributed by atoms with Crippen LogP contribution in [0.2, 0.25) is 0 Å². The molecule has 1 rings (SSSR count). The number of rotatable bonds is 31. The van der Waals surface area contributed by atoms with Gasteiger partial charge in [0.15, 0.2) is 6.10 Å². The van der Waals surface area contributed by atoms with Crippen molar-refractivity contribution < 1.29 is 52.9 Å². The van der Waals surface area contributed by atoms with Crippen molar-refractivity contribution in [1.82, 2.24) is 0 Å². The van der Waals surface area contributed by atoms with E-state index in [0.29, 0.717) is 25.7 Å². The molecule has 0 bridgehead atoms. The van der Waals surface area contributed by atoms with Crippen LogP contribution >= 0.6 is 7.82 Å². The van der Waals surface area contributed by atoms with E-state index in [0.717, 1.165) is 63.7 Å². The summed E-state index contributed by atoms with van der Waals surface area (Å²) in [7, 11) is -4.80. The first-order valence-electron chi connectivity index (χ1n) is 19.4. The number of aliphatic hydroxyl groups excluding tert-OH is 2. The second-order valence-electron chi connectivity index (χ2n) is 14.5. The molecule has 1 fully saturated rings. The number of phosphoric acid groups is 1. The SMILES string of the molecule is CCCCC[C@H](O)/C=C/[C@H]1C(=O)C[C@H](O)[C@@H]1CCCCCCC(=O)OC[C@H](COP(=O)(O)O)OC(=O)CCCCCCCCCCCC(C)C. The lowest BCUT2D eigenvalue weighted by Crippen LogP contribution is -2.29. The average Bonchev–Trinajstić information content (AvgIpc) is 3.32. The number of phosphoric ester groups is 1. The zero-order valence-electron chi connectivity index (χ0n) is 31.2. The Bertz CT molecular complexity index is 995. The first-order valence-corrected chi connectivity index (χ1v) is 21.0. The molecule has 5 atom stereocenters. The zero-order chi connectivity index (χ0) is 37.2. The number of carbonyl (C=O) groups is 3. The molecule has 12 heteroatoms. The van der Waals surface area contributed by atoms with Crippen molar-refractivity contribution in [2.45, 2.75) is 180 Å². The summed E-state index contributed by atoms with van der Waals surface area (Å²) in [6, 6.07) is 0. The van der Waals surface area contributed by atoms with Gasteiger partial charge >= 0.3 is 19.8 Å². The predicted octanol–water partition coefficient (Wildman–Crippen LogP) is 7.90. The number of esters is 2. The smallest absolute Gasteiger partial charge is 0.462 e. The van der Waals surface area contributed by atoms with Crippen LogP contribution in [0.5, 0.6) is 0 Å². The minimum atomic E-state index is -4.80. The summed E-state index contributed by atoms with van der Waals surface area (Å²) in [5, 5.41) is 20.6. The van der Waals surface area contributed by atoms with Crippen molar-refractivity contribution in [2.75, 3.05) is 13.2 Å². The quantitative estimate of drug-likeness (QED) is 0.0236. The van der Waals surface area contributed by atoms with E-state index in [-0.39, 0.29) is 43.5 Å². The van der Waals surface area contributed by atoms with Crippen molar-refractivity contribution in [3.8, 4) is 0 Å². The third-order valence-electron chi connectivity index (χ3n) is 9.37. The first-order chi connectivity index (χ1) is 23.8. The molecule has 4 N–H and O–H groups in total. The summed E-state index contributed by atoms with van der Waals surface area (Å²) in [5.74, 6) is -0.840. The van der Waals surface area contributed by atoms with Crippen LogP contribution < -0.4 is 0 Å². The second kappa shape index (κ2) is 28.0. The molecule has 0 aromatic heterocycles. The van der Waals surface area contributed by atoms with Gasteiger partial charge < -0.3 is 29.5 Å². The number of Topliss-reactive ketones (excluding diaryl/α,β-unsaturated/α-hetero) is 1. The van der Waals surface area contributed by atoms with Crippen LogP contribution in [0.15, 0.2) is 12.2 Å². The summed E-state index contributed by atoms with van der Waals surface area (Å²) in [5.41, 5.74) is 0. The van der Waals surface area contributed by atoms with Crippen LogP contribution in [0.3, 0.4) is 0 Å². The van der Waals surface area contributed by atoms with Crippen LogP contribution in [-0.2, 0) is 32.9 Å². The van der Waals surface area contributed by atoms with E-state index in [1.807, 2.05) is 0 Å². The van der Waals surface area contributed by atoms with Gasteiger partial charge in [-0.3, -0.25) is 18.9 Å². The van der Waals surface area contributed by atoms with Crippen molar-refractivity contribution >= 4 is 25.5 Å². The van der Waals surface area contributed by atoms with Crippen molar-refractivity contribution in [2.24, 2.45) is 17.8 Å². The number of allylic oxidation sites excluding steroid dienone is 1. The predicted molar refractivity (Wildman–Crippen MR) is 194 cm³/mol. The normalized spacial score (nSPS) is 19.4. The van der Waals surface area contributed by atoms with Gasteiger partial charge in [0.25, 0.3) is 0 Å². The van der Waals surface area contributed by atoms with E-state index in [9.17, 15) is 29.2 Å². The van der Waals surface area contributed by atoms with E-state index in [1.165, 1.54) is 38.5 Å². The molecule has 0 aromatic rings. The summed E-state index contributed by atoms with van der Waals surface area (Å²) >= 11 is 0. The van der Waals surface area contributed by atoms with Crippen LogP contribution in [0.4, 0.5) is 0 Å². The Morgan fingerprint density at radius 3 is 1.98 bits per heavy atom. The molecule has 11 nitrogen and oxygen atoms in total. The molecule has 0 unspecified atom stereocenters. The highest BCUT2D eigenvalue weighted by Crippen LogP contribution is 2.36. The molecule has 50 heavy (non-hydrogen) atoms. The standard InChI is InChI=1S/C38H69O11P/c1-4-5-15-21-31(39)25-26-34-33(35(40)27-36(34)41)22-17-13-14-18-23-37(42)47-28-32(29-48-50(44,45)46)49-38(43)24-19-12-10-8-6-7-9-11-16-20-30(2)3/h25-26,30-35,39-40H,4-24,27-29H2,1-3H3,(H2,44,45,46)/b26-25+/t31-,32+,33+,34+,35-/m0/s1. The molecular weight excluding hydrogens is 663 g/mol. The minimum absolute atomic E-state index is 0.00121. The van der Waals surface area contributed by atoms with Crippen molar-refractivity contribution in [3.63, 3.8) is 0 Å². The molecular formula is C38H69O11P. The van der Waals surface area contributed by atoms with Gasteiger partial charge in [-0.2, -0.15) is 0 Å². The fraction of sp³-hybridized carbons (Fsp3) is 0.868. The Morgan fingerprint density at radius 2 is 1.38 bits per heavy atom. The Balaban J connectivity index is 2.30. The van der Waals surface area contributed by atoms with Crippen molar-refractivity contribution in [3.05, 3.63) is 12.2 Å². The first kappa shape index (κ1) is 46.4. The van der Waals surface area contributed by atoms with Gasteiger partial charge in [-0.1, -0.05) is 129 Å².